The predicted octanol–water partition coefficient (Wildman–Crippen LogP) is 2.86. The Labute approximate surface area is 165 Å². The zero-order valence-electron chi connectivity index (χ0n) is 13.6. The fourth-order valence-corrected chi connectivity index (χ4v) is 3.63. The number of aromatic nitrogens is 1. The zero-order valence-corrected chi connectivity index (χ0v) is 15.9. The summed E-state index contributed by atoms with van der Waals surface area (Å²) in [5, 5.41) is 30.5. The van der Waals surface area contributed by atoms with Gasteiger partial charge >= 0.3 is 11.8 Å². The third kappa shape index (κ3) is 3.37. The van der Waals surface area contributed by atoms with E-state index in [-0.39, 0.29) is 51.4 Å². The molecule has 1 amide bonds. The molecule has 1 aliphatic heterocycles. The molecular formula is C15H13BrClFN4O5. The van der Waals surface area contributed by atoms with Crippen molar-refractivity contribution in [3.8, 4) is 0 Å². The normalized spacial score (nSPS) is 17.4. The Bertz CT molecular complexity index is 946. The highest BCUT2D eigenvalue weighted by atomic mass is 79.9. The van der Waals surface area contributed by atoms with Crippen LogP contribution in [0.3, 0.4) is 0 Å². The first-order valence-electron chi connectivity index (χ1n) is 7.72. The molecule has 27 heavy (non-hydrogen) atoms. The highest BCUT2D eigenvalue weighted by Gasteiger charge is 2.35. The number of benzene rings is 1. The van der Waals surface area contributed by atoms with Gasteiger partial charge in [0.25, 0.3) is 0 Å². The van der Waals surface area contributed by atoms with Crippen LogP contribution in [0.5, 0.6) is 0 Å². The van der Waals surface area contributed by atoms with Gasteiger partial charge in [0.05, 0.1) is 27.1 Å². The van der Waals surface area contributed by atoms with Crippen LogP contribution in [-0.4, -0.2) is 63.4 Å². The Balaban J connectivity index is 2.23. The molecule has 12 heteroatoms. The molecule has 2 heterocycles. The zero-order chi connectivity index (χ0) is 19.9. The van der Waals surface area contributed by atoms with E-state index >= 15 is 0 Å². The van der Waals surface area contributed by atoms with Crippen LogP contribution in [0.4, 0.5) is 20.6 Å². The van der Waals surface area contributed by atoms with Gasteiger partial charge in [-0.2, -0.15) is 0 Å². The molecule has 3 rings (SSSR count). The van der Waals surface area contributed by atoms with Crippen molar-refractivity contribution in [2.45, 2.75) is 6.04 Å². The number of piperazine rings is 1. The number of aliphatic hydroxyl groups excluding tert-OH is 1. The molecule has 0 radical (unpaired) electrons. The summed E-state index contributed by atoms with van der Waals surface area (Å²) in [4.78, 5) is 28.6. The van der Waals surface area contributed by atoms with Gasteiger partial charge in [0, 0.05) is 25.0 Å². The lowest BCUT2D eigenvalue weighted by Crippen LogP contribution is -2.56. The molecule has 2 N–H and O–H groups in total. The fraction of sp³-hybridized carbons (Fsp3) is 0.333. The second-order valence-electron chi connectivity index (χ2n) is 5.89. The van der Waals surface area contributed by atoms with E-state index in [1.165, 1.54) is 11.0 Å². The first kappa shape index (κ1) is 19.5. The first-order chi connectivity index (χ1) is 12.8. The van der Waals surface area contributed by atoms with Crippen molar-refractivity contribution in [2.24, 2.45) is 0 Å². The Hall–Kier alpha value is -2.24. The van der Waals surface area contributed by atoms with Crippen LogP contribution in [0.1, 0.15) is 0 Å². The Morgan fingerprint density at radius 3 is 2.81 bits per heavy atom. The molecule has 1 atom stereocenters. The van der Waals surface area contributed by atoms with Gasteiger partial charge in [-0.05, 0) is 22.0 Å². The minimum atomic E-state index is -1.15. The number of anilines is 1. The number of hydrogen-bond acceptors (Lipinski definition) is 6. The summed E-state index contributed by atoms with van der Waals surface area (Å²) in [5.74, 6) is -0.765. The summed E-state index contributed by atoms with van der Waals surface area (Å²) in [5.41, 5.74) is -0.464. The standard InChI is InChI=1S/C15H13BrClFN4O5/c16-11-9(17)3-8-13(12(11)18)19-4-10(22(26)27)14(8)21-2-1-20(15(24)25)5-7(21)6-23/h3-4,7,23H,1-2,5-6H2,(H,24,25). The van der Waals surface area contributed by atoms with Crippen LogP contribution >= 0.6 is 27.5 Å². The number of nitro groups is 1. The van der Waals surface area contributed by atoms with Crippen molar-refractivity contribution in [2.75, 3.05) is 31.1 Å². The van der Waals surface area contributed by atoms with Crippen molar-refractivity contribution in [3.63, 3.8) is 0 Å². The van der Waals surface area contributed by atoms with Gasteiger partial charge in [0.15, 0.2) is 5.82 Å². The third-order valence-electron chi connectivity index (χ3n) is 4.40. The number of fused-ring (bicyclic) bond motifs is 1. The summed E-state index contributed by atoms with van der Waals surface area (Å²) in [6, 6.07) is 0.613. The van der Waals surface area contributed by atoms with E-state index in [1.807, 2.05) is 0 Å². The summed E-state index contributed by atoms with van der Waals surface area (Å²) in [6.45, 7) is -0.358. The predicted molar refractivity (Wildman–Crippen MR) is 98.9 cm³/mol. The smallest absolute Gasteiger partial charge is 0.407 e. The van der Waals surface area contributed by atoms with Crippen LogP contribution < -0.4 is 4.90 Å². The van der Waals surface area contributed by atoms with Gasteiger partial charge in [0.1, 0.15) is 17.4 Å². The lowest BCUT2D eigenvalue weighted by Gasteiger charge is -2.40. The first-order valence-corrected chi connectivity index (χ1v) is 8.89. The number of carboxylic acid groups (broad SMARTS) is 1. The molecular weight excluding hydrogens is 451 g/mol. The van der Waals surface area contributed by atoms with Crippen molar-refractivity contribution in [3.05, 3.63) is 37.7 Å². The van der Waals surface area contributed by atoms with Gasteiger partial charge in [0.2, 0.25) is 0 Å². The molecule has 9 nitrogen and oxygen atoms in total. The van der Waals surface area contributed by atoms with E-state index in [9.17, 15) is 24.4 Å². The van der Waals surface area contributed by atoms with E-state index < -0.39 is 29.5 Å². The van der Waals surface area contributed by atoms with E-state index in [4.69, 9.17) is 16.7 Å². The second kappa shape index (κ2) is 7.41. The highest BCUT2D eigenvalue weighted by molar-refractivity contribution is 9.10. The molecule has 1 unspecified atom stereocenters. The van der Waals surface area contributed by atoms with E-state index in [2.05, 4.69) is 20.9 Å². The lowest BCUT2D eigenvalue weighted by atomic mass is 10.1. The average Bonchev–Trinajstić information content (AvgIpc) is 2.64. The molecule has 144 valence electrons. The molecule has 1 aromatic carbocycles. The van der Waals surface area contributed by atoms with E-state index in [0.29, 0.717) is 0 Å². The minimum Gasteiger partial charge on any atom is -0.465 e. The molecule has 2 aromatic rings. The highest BCUT2D eigenvalue weighted by Crippen LogP contribution is 2.41. The number of rotatable bonds is 3. The number of nitrogens with zero attached hydrogens (tertiary/aromatic N) is 4. The number of pyridine rings is 1. The molecule has 0 spiro atoms. The molecule has 0 bridgehead atoms. The number of aliphatic hydroxyl groups is 1. The summed E-state index contributed by atoms with van der Waals surface area (Å²) < 4.78 is 14.6. The van der Waals surface area contributed by atoms with Gasteiger partial charge in [-0.15, -0.1) is 0 Å². The number of carbonyl (C=O) groups is 1. The van der Waals surface area contributed by atoms with Crippen LogP contribution in [-0.2, 0) is 0 Å². The average molecular weight is 464 g/mol. The van der Waals surface area contributed by atoms with Crippen LogP contribution in [0, 0.1) is 15.9 Å². The summed E-state index contributed by atoms with van der Waals surface area (Å²) >= 11 is 9.04. The van der Waals surface area contributed by atoms with Crippen molar-refractivity contribution in [1.82, 2.24) is 9.88 Å². The quantitative estimate of drug-likeness (QED) is 0.408. The fourth-order valence-electron chi connectivity index (χ4n) is 3.13. The third-order valence-corrected chi connectivity index (χ3v) is 5.70. The summed E-state index contributed by atoms with van der Waals surface area (Å²) in [6.07, 6.45) is -0.209. The lowest BCUT2D eigenvalue weighted by molar-refractivity contribution is -0.384. The molecule has 1 aromatic heterocycles. The SMILES string of the molecule is O=C(O)N1CCN(c2c([N+](=O)[O-])cnc3c(F)c(Br)c(Cl)cc23)C(CO)C1. The van der Waals surface area contributed by atoms with Crippen molar-refractivity contribution in [1.29, 1.82) is 0 Å². The van der Waals surface area contributed by atoms with E-state index in [0.717, 1.165) is 11.1 Å². The second-order valence-corrected chi connectivity index (χ2v) is 7.09. The largest absolute Gasteiger partial charge is 0.465 e. The molecule has 1 saturated heterocycles. The van der Waals surface area contributed by atoms with Crippen molar-refractivity contribution < 1.29 is 24.3 Å². The van der Waals surface area contributed by atoms with E-state index in [1.54, 1.807) is 0 Å². The Kier molecular flexibility index (Phi) is 5.36. The van der Waals surface area contributed by atoms with Crippen molar-refractivity contribution >= 4 is 55.9 Å². The Morgan fingerprint density at radius 1 is 1.52 bits per heavy atom. The maximum Gasteiger partial charge on any atom is 0.407 e. The topological polar surface area (TPSA) is 120 Å². The van der Waals surface area contributed by atoms with Gasteiger partial charge in [-0.25, -0.2) is 14.2 Å². The molecule has 1 fully saturated rings. The maximum absolute atomic E-state index is 14.6. The summed E-state index contributed by atoms with van der Waals surface area (Å²) in [7, 11) is 0. The Morgan fingerprint density at radius 2 is 2.22 bits per heavy atom. The van der Waals surface area contributed by atoms with Gasteiger partial charge in [-0.1, -0.05) is 11.6 Å². The maximum atomic E-state index is 14.6. The number of amides is 1. The number of halogens is 3. The molecule has 0 saturated carbocycles. The monoisotopic (exact) mass is 462 g/mol. The molecule has 0 aliphatic carbocycles. The number of hydrogen-bond donors (Lipinski definition) is 2. The van der Waals surface area contributed by atoms with Crippen LogP contribution in [0.25, 0.3) is 10.9 Å². The van der Waals surface area contributed by atoms with Crippen LogP contribution in [0.2, 0.25) is 5.02 Å². The van der Waals surface area contributed by atoms with Crippen LogP contribution in [0.15, 0.2) is 16.7 Å². The minimum absolute atomic E-state index is 0.00766. The molecule has 1 aliphatic rings. The van der Waals surface area contributed by atoms with Gasteiger partial charge in [-0.3, -0.25) is 10.1 Å². The van der Waals surface area contributed by atoms with Gasteiger partial charge < -0.3 is 20.0 Å².